The van der Waals surface area contributed by atoms with Crippen LogP contribution in [0.5, 0.6) is 0 Å². The first-order valence-electron chi connectivity index (χ1n) is 5.67. The van der Waals surface area contributed by atoms with E-state index in [2.05, 4.69) is 6.08 Å². The molecule has 0 aromatic carbocycles. The highest BCUT2D eigenvalue weighted by Crippen LogP contribution is 2.49. The van der Waals surface area contributed by atoms with Gasteiger partial charge in [0, 0.05) is 18.8 Å². The number of esters is 1. The molecule has 82 valence electrons. The van der Waals surface area contributed by atoms with Crippen molar-refractivity contribution in [1.29, 1.82) is 0 Å². The van der Waals surface area contributed by atoms with Gasteiger partial charge in [-0.2, -0.15) is 0 Å². The van der Waals surface area contributed by atoms with Gasteiger partial charge in [-0.15, -0.1) is 0 Å². The average molecular weight is 208 g/mol. The van der Waals surface area contributed by atoms with E-state index in [0.29, 0.717) is 23.7 Å². The third-order valence-corrected chi connectivity index (χ3v) is 4.16. The molecule has 2 unspecified atom stereocenters. The van der Waals surface area contributed by atoms with Gasteiger partial charge in [-0.05, 0) is 36.5 Å². The number of rotatable bonds is 1. The predicted octanol–water partition coefficient (Wildman–Crippen LogP) is 1.39. The molecule has 3 nitrogen and oxygen atoms in total. The molecule has 1 heterocycles. The van der Waals surface area contributed by atoms with Crippen molar-refractivity contribution < 1.29 is 14.3 Å². The topological polar surface area (TPSA) is 35.5 Å². The van der Waals surface area contributed by atoms with Crippen molar-refractivity contribution >= 4 is 5.97 Å². The molecule has 0 aromatic heterocycles. The first-order chi connectivity index (χ1) is 7.29. The molecule has 4 aliphatic rings. The highest BCUT2D eigenvalue weighted by atomic mass is 16.5. The van der Waals surface area contributed by atoms with Crippen LogP contribution < -0.4 is 0 Å². The van der Waals surface area contributed by atoms with Crippen LogP contribution in [0.1, 0.15) is 12.8 Å². The molecule has 15 heavy (non-hydrogen) atoms. The lowest BCUT2D eigenvalue weighted by Gasteiger charge is -2.48. The number of carbonyl (C=O) groups is 1. The lowest BCUT2D eigenvalue weighted by atomic mass is 9.60. The Morgan fingerprint density at radius 3 is 2.60 bits per heavy atom. The van der Waals surface area contributed by atoms with Crippen molar-refractivity contribution in [2.24, 2.45) is 23.7 Å². The van der Waals surface area contributed by atoms with E-state index < -0.39 is 0 Å². The van der Waals surface area contributed by atoms with E-state index >= 15 is 0 Å². The molecule has 1 saturated heterocycles. The largest absolute Gasteiger partial charge is 0.466 e. The first kappa shape index (κ1) is 9.40. The van der Waals surface area contributed by atoms with Gasteiger partial charge in [-0.25, -0.2) is 4.79 Å². The van der Waals surface area contributed by atoms with Gasteiger partial charge in [0.15, 0.2) is 0 Å². The van der Waals surface area contributed by atoms with Gasteiger partial charge in [-0.1, -0.05) is 6.08 Å². The molecule has 0 aromatic rings. The van der Waals surface area contributed by atoms with Crippen LogP contribution in [0.25, 0.3) is 0 Å². The maximum Gasteiger partial charge on any atom is 0.333 e. The summed E-state index contributed by atoms with van der Waals surface area (Å²) in [5.41, 5.74) is 0.928. The zero-order chi connectivity index (χ0) is 10.4. The highest BCUT2D eigenvalue weighted by molar-refractivity contribution is 5.89. The molecule has 0 spiro atoms. The van der Waals surface area contributed by atoms with Crippen LogP contribution in [0.4, 0.5) is 0 Å². The van der Waals surface area contributed by atoms with Crippen LogP contribution >= 0.6 is 0 Å². The van der Waals surface area contributed by atoms with Crippen molar-refractivity contribution in [3.63, 3.8) is 0 Å². The monoisotopic (exact) mass is 208 g/mol. The van der Waals surface area contributed by atoms with E-state index in [1.165, 1.54) is 7.11 Å². The van der Waals surface area contributed by atoms with E-state index in [4.69, 9.17) is 9.47 Å². The standard InChI is InChI=1S/C12H16O3/c1-14-12(13)11-4-10-8-2-7(11)3-9(10)6-15-5-8/h4,7-10H,2-3,5-6H2,1H3. The van der Waals surface area contributed by atoms with Gasteiger partial charge in [0.25, 0.3) is 0 Å². The Balaban J connectivity index is 1.90. The third kappa shape index (κ3) is 1.33. The fraction of sp³-hybridized carbons (Fsp3) is 0.750. The molecule has 0 amide bonds. The second kappa shape index (κ2) is 3.34. The number of ether oxygens (including phenoxy) is 2. The average Bonchev–Trinajstić information content (AvgIpc) is 2.27. The Hall–Kier alpha value is -0.830. The van der Waals surface area contributed by atoms with Crippen molar-refractivity contribution in [2.45, 2.75) is 12.8 Å². The van der Waals surface area contributed by atoms with Gasteiger partial charge in [0.05, 0.1) is 7.11 Å². The Kier molecular flexibility index (Phi) is 2.09. The molecular formula is C12H16O3. The number of carbonyl (C=O) groups excluding carboxylic acids is 1. The summed E-state index contributed by atoms with van der Waals surface area (Å²) in [6.45, 7) is 1.76. The summed E-state index contributed by atoms with van der Waals surface area (Å²) in [6, 6.07) is 0. The lowest BCUT2D eigenvalue weighted by Crippen LogP contribution is -2.46. The fourth-order valence-electron chi connectivity index (χ4n) is 3.48. The van der Waals surface area contributed by atoms with Crippen LogP contribution in [-0.4, -0.2) is 26.3 Å². The van der Waals surface area contributed by atoms with Gasteiger partial charge in [0.2, 0.25) is 0 Å². The number of hydrogen-bond donors (Lipinski definition) is 0. The second-order valence-electron chi connectivity index (χ2n) is 4.92. The summed E-state index contributed by atoms with van der Waals surface area (Å²) < 4.78 is 10.4. The van der Waals surface area contributed by atoms with Crippen LogP contribution in [0, 0.1) is 23.7 Å². The Bertz CT molecular complexity index is 307. The first-order valence-corrected chi connectivity index (χ1v) is 5.67. The number of allylic oxidation sites excluding steroid dienone is 1. The molecule has 3 aliphatic carbocycles. The molecule has 1 saturated carbocycles. The number of hydrogen-bond acceptors (Lipinski definition) is 3. The molecule has 0 N–H and O–H groups in total. The molecular weight excluding hydrogens is 192 g/mol. The van der Waals surface area contributed by atoms with E-state index in [9.17, 15) is 4.79 Å². The van der Waals surface area contributed by atoms with Gasteiger partial charge in [-0.3, -0.25) is 0 Å². The highest BCUT2D eigenvalue weighted by Gasteiger charge is 2.46. The summed E-state index contributed by atoms with van der Waals surface area (Å²) in [6.07, 6.45) is 4.39. The second-order valence-corrected chi connectivity index (χ2v) is 4.92. The minimum Gasteiger partial charge on any atom is -0.466 e. The fourth-order valence-corrected chi connectivity index (χ4v) is 3.48. The van der Waals surface area contributed by atoms with Crippen LogP contribution in [0.2, 0.25) is 0 Å². The van der Waals surface area contributed by atoms with Gasteiger partial charge in [0.1, 0.15) is 0 Å². The summed E-state index contributed by atoms with van der Waals surface area (Å²) >= 11 is 0. The van der Waals surface area contributed by atoms with Crippen LogP contribution in [0.15, 0.2) is 11.6 Å². The van der Waals surface area contributed by atoms with E-state index in [0.717, 1.165) is 31.6 Å². The van der Waals surface area contributed by atoms with E-state index in [1.54, 1.807) is 0 Å². The van der Waals surface area contributed by atoms with Crippen molar-refractivity contribution in [3.8, 4) is 0 Å². The summed E-state index contributed by atoms with van der Waals surface area (Å²) in [5, 5.41) is 0. The Morgan fingerprint density at radius 2 is 2.07 bits per heavy atom. The number of methoxy groups -OCH3 is 1. The third-order valence-electron chi connectivity index (χ3n) is 4.16. The van der Waals surface area contributed by atoms with Crippen LogP contribution in [-0.2, 0) is 14.3 Å². The minimum atomic E-state index is -0.122. The molecule has 3 heteroatoms. The Morgan fingerprint density at radius 1 is 1.40 bits per heavy atom. The molecule has 2 fully saturated rings. The normalized spacial score (nSPS) is 42.3. The molecule has 0 radical (unpaired) electrons. The minimum absolute atomic E-state index is 0.122. The molecule has 4 bridgehead atoms. The van der Waals surface area contributed by atoms with E-state index in [1.807, 2.05) is 0 Å². The van der Waals surface area contributed by atoms with Gasteiger partial charge < -0.3 is 9.47 Å². The zero-order valence-electron chi connectivity index (χ0n) is 8.94. The lowest BCUT2D eigenvalue weighted by molar-refractivity contribution is -0.138. The van der Waals surface area contributed by atoms with E-state index in [-0.39, 0.29) is 5.97 Å². The zero-order valence-corrected chi connectivity index (χ0v) is 8.94. The summed E-state index contributed by atoms with van der Waals surface area (Å²) in [4.78, 5) is 11.6. The smallest absolute Gasteiger partial charge is 0.333 e. The predicted molar refractivity (Wildman–Crippen MR) is 54.1 cm³/mol. The van der Waals surface area contributed by atoms with Crippen molar-refractivity contribution in [1.82, 2.24) is 0 Å². The Labute approximate surface area is 89.4 Å². The molecule has 1 aliphatic heterocycles. The molecule has 4 rings (SSSR count). The van der Waals surface area contributed by atoms with Crippen molar-refractivity contribution in [2.75, 3.05) is 20.3 Å². The van der Waals surface area contributed by atoms with Crippen LogP contribution in [0.3, 0.4) is 0 Å². The maximum absolute atomic E-state index is 11.6. The molecule has 2 atom stereocenters. The quantitative estimate of drug-likeness (QED) is 0.611. The summed E-state index contributed by atoms with van der Waals surface area (Å²) in [7, 11) is 1.47. The SMILES string of the molecule is COC(=O)C1=CC2C3COCC2CC1C3. The van der Waals surface area contributed by atoms with Crippen molar-refractivity contribution in [3.05, 3.63) is 11.6 Å². The maximum atomic E-state index is 11.6. The summed E-state index contributed by atoms with van der Waals surface area (Å²) in [5.74, 6) is 2.18. The van der Waals surface area contributed by atoms with Gasteiger partial charge >= 0.3 is 5.97 Å².